The molecule has 0 radical (unpaired) electrons. The topological polar surface area (TPSA) is 64.8 Å². The molecule has 4 heterocycles. The van der Waals surface area contributed by atoms with Gasteiger partial charge >= 0.3 is 0 Å². The lowest BCUT2D eigenvalue weighted by molar-refractivity contribution is 0.277. The van der Waals surface area contributed by atoms with Crippen molar-refractivity contribution in [1.82, 2.24) is 19.9 Å². The van der Waals surface area contributed by atoms with E-state index in [0.29, 0.717) is 16.4 Å². The Morgan fingerprint density at radius 3 is 2.68 bits per heavy atom. The van der Waals surface area contributed by atoms with Gasteiger partial charge in [-0.15, -0.1) is 11.3 Å². The fraction of sp³-hybridized carbons (Fsp3) is 0.333. The number of hydrogen-bond acceptors (Lipinski definition) is 4. The van der Waals surface area contributed by atoms with E-state index in [9.17, 15) is 4.79 Å². The summed E-state index contributed by atoms with van der Waals surface area (Å²) in [6.45, 7) is 2.26. The van der Waals surface area contributed by atoms with Crippen LogP contribution in [0.2, 0.25) is 5.02 Å². The number of hydrogen-bond donors (Lipinski definition) is 2. The molecule has 142 valence electrons. The Labute approximate surface area is 170 Å². The third kappa shape index (κ3) is 2.63. The van der Waals surface area contributed by atoms with E-state index in [1.165, 1.54) is 35.3 Å². The molecule has 0 saturated heterocycles. The predicted octanol–water partition coefficient (Wildman–Crippen LogP) is 4.35. The maximum Gasteiger partial charge on any atom is 0.261 e. The smallest absolute Gasteiger partial charge is 0.261 e. The van der Waals surface area contributed by atoms with E-state index in [2.05, 4.69) is 27.0 Å². The highest BCUT2D eigenvalue weighted by Gasteiger charge is 2.30. The summed E-state index contributed by atoms with van der Waals surface area (Å²) in [5.41, 5.74) is 5.61. The maximum atomic E-state index is 12.6. The van der Waals surface area contributed by atoms with E-state index in [-0.39, 0.29) is 5.56 Å². The van der Waals surface area contributed by atoms with Crippen molar-refractivity contribution in [3.63, 3.8) is 0 Å². The molecule has 2 N–H and O–H groups in total. The van der Waals surface area contributed by atoms with Gasteiger partial charge in [0.15, 0.2) is 0 Å². The maximum absolute atomic E-state index is 12.6. The van der Waals surface area contributed by atoms with Crippen molar-refractivity contribution in [2.45, 2.75) is 31.7 Å². The number of benzene rings is 1. The fourth-order valence-corrected chi connectivity index (χ4v) is 5.56. The molecule has 0 amide bonds. The lowest BCUT2D eigenvalue weighted by Crippen LogP contribution is -2.28. The second-order valence-corrected chi connectivity index (χ2v) is 9.09. The van der Waals surface area contributed by atoms with Crippen LogP contribution in [0.15, 0.2) is 28.4 Å². The summed E-state index contributed by atoms with van der Waals surface area (Å²) in [7, 11) is 0. The first-order valence-electron chi connectivity index (χ1n) is 9.72. The number of nitrogens with zero attached hydrogens (tertiary/aromatic N) is 2. The number of fused-ring (bicyclic) bond motifs is 3. The minimum atomic E-state index is -0.211. The Bertz CT molecular complexity index is 1240. The van der Waals surface area contributed by atoms with E-state index < -0.39 is 0 Å². The van der Waals surface area contributed by atoms with Gasteiger partial charge < -0.3 is 9.97 Å². The van der Waals surface area contributed by atoms with Crippen LogP contribution in [-0.4, -0.2) is 39.0 Å². The molecular formula is C21H19ClN4OS. The molecule has 1 aromatic carbocycles. The van der Waals surface area contributed by atoms with Crippen molar-refractivity contribution in [1.29, 1.82) is 0 Å². The van der Waals surface area contributed by atoms with Crippen LogP contribution < -0.4 is 5.56 Å². The van der Waals surface area contributed by atoms with Crippen molar-refractivity contribution in [3.8, 4) is 11.4 Å². The van der Waals surface area contributed by atoms with Gasteiger partial charge in [-0.3, -0.25) is 9.69 Å². The molecule has 28 heavy (non-hydrogen) atoms. The minimum Gasteiger partial charge on any atom is -0.338 e. The molecule has 5 nitrogen and oxygen atoms in total. The first-order chi connectivity index (χ1) is 13.7. The van der Waals surface area contributed by atoms with E-state index in [1.807, 2.05) is 11.4 Å². The van der Waals surface area contributed by atoms with Crippen LogP contribution in [0.1, 0.15) is 24.0 Å². The molecule has 7 heteroatoms. The number of halogens is 1. The van der Waals surface area contributed by atoms with Crippen molar-refractivity contribution in [2.75, 3.05) is 13.1 Å². The molecule has 4 aromatic rings. The monoisotopic (exact) mass is 410 g/mol. The van der Waals surface area contributed by atoms with Gasteiger partial charge in [0, 0.05) is 19.1 Å². The van der Waals surface area contributed by atoms with Gasteiger partial charge in [-0.25, -0.2) is 4.98 Å². The van der Waals surface area contributed by atoms with E-state index in [0.717, 1.165) is 53.2 Å². The number of nitrogens with one attached hydrogen (secondary N) is 2. The quantitative estimate of drug-likeness (QED) is 0.516. The second-order valence-electron chi connectivity index (χ2n) is 7.80. The van der Waals surface area contributed by atoms with Crippen molar-refractivity contribution in [3.05, 3.63) is 50.1 Å². The zero-order chi connectivity index (χ0) is 18.8. The third-order valence-corrected chi connectivity index (χ3v) is 7.42. The first-order valence-corrected chi connectivity index (χ1v) is 11.0. The molecule has 0 bridgehead atoms. The lowest BCUT2D eigenvalue weighted by atomic mass is 10.0. The number of H-pyrrole nitrogens is 2. The summed E-state index contributed by atoms with van der Waals surface area (Å²) < 4.78 is 0.882. The Morgan fingerprint density at radius 2 is 1.89 bits per heavy atom. The average molecular weight is 411 g/mol. The third-order valence-electron chi connectivity index (χ3n) is 6.00. The zero-order valence-electron chi connectivity index (χ0n) is 15.2. The molecular weight excluding hydrogens is 392 g/mol. The molecule has 1 fully saturated rings. The summed E-state index contributed by atoms with van der Waals surface area (Å²) in [6, 6.07) is 7.08. The summed E-state index contributed by atoms with van der Waals surface area (Å²) in [5, 5.41) is 2.39. The molecule has 1 saturated carbocycles. The molecule has 3 aromatic heterocycles. The molecule has 0 unspecified atom stereocenters. The Morgan fingerprint density at radius 1 is 1.11 bits per heavy atom. The number of pyridine rings is 1. The summed E-state index contributed by atoms with van der Waals surface area (Å²) >= 11 is 8.10. The predicted molar refractivity (Wildman–Crippen MR) is 115 cm³/mol. The largest absolute Gasteiger partial charge is 0.338 e. The standard InChI is InChI=1S/C21H19ClN4OS/c22-18-17(21(27)25-14-5-8-28-19(14)18)20-23-15-9-11-3-6-26(13-1-2-13)7-4-12(11)10-16(15)24-20/h5,8-10,13H,1-4,6-7H2,(H,23,24)(H,25,27). The first kappa shape index (κ1) is 16.8. The number of thiophene rings is 1. The fourth-order valence-electron chi connectivity index (χ4n) is 4.36. The highest BCUT2D eigenvalue weighted by Crippen LogP contribution is 2.34. The summed E-state index contributed by atoms with van der Waals surface area (Å²) in [5.74, 6) is 0.538. The Hall–Kier alpha value is -2.15. The van der Waals surface area contributed by atoms with Crippen LogP contribution >= 0.6 is 22.9 Å². The minimum absolute atomic E-state index is 0.211. The van der Waals surface area contributed by atoms with Gasteiger partial charge in [0.1, 0.15) is 11.4 Å². The highest BCUT2D eigenvalue weighted by atomic mass is 35.5. The molecule has 0 spiro atoms. The zero-order valence-corrected chi connectivity index (χ0v) is 16.8. The van der Waals surface area contributed by atoms with Crippen LogP contribution in [0, 0.1) is 0 Å². The van der Waals surface area contributed by atoms with Crippen LogP contribution in [-0.2, 0) is 12.8 Å². The summed E-state index contributed by atoms with van der Waals surface area (Å²) in [6.07, 6.45) is 4.84. The van der Waals surface area contributed by atoms with E-state index >= 15 is 0 Å². The molecule has 6 rings (SSSR count). The number of imidazole rings is 1. The highest BCUT2D eigenvalue weighted by molar-refractivity contribution is 7.17. The van der Waals surface area contributed by atoms with Gasteiger partial charge in [-0.1, -0.05) is 11.6 Å². The number of aromatic nitrogens is 3. The second kappa shape index (κ2) is 6.17. The van der Waals surface area contributed by atoms with E-state index in [1.54, 1.807) is 0 Å². The number of rotatable bonds is 2. The lowest BCUT2D eigenvalue weighted by Gasteiger charge is -2.18. The van der Waals surface area contributed by atoms with E-state index in [4.69, 9.17) is 16.6 Å². The van der Waals surface area contributed by atoms with Crippen molar-refractivity contribution < 1.29 is 0 Å². The number of aromatic amines is 2. The van der Waals surface area contributed by atoms with Gasteiger partial charge in [0.05, 0.1) is 26.3 Å². The Kier molecular flexibility index (Phi) is 3.70. The SMILES string of the molecule is O=c1[nH]c2ccsc2c(Cl)c1-c1nc2cc3c(cc2[nH]1)CCN(C1CC1)CC3. The molecule has 1 aliphatic heterocycles. The molecule has 2 aliphatic rings. The van der Waals surface area contributed by atoms with Crippen LogP contribution in [0.5, 0.6) is 0 Å². The van der Waals surface area contributed by atoms with Crippen LogP contribution in [0.4, 0.5) is 0 Å². The van der Waals surface area contributed by atoms with Gasteiger partial charge in [0.2, 0.25) is 0 Å². The summed E-state index contributed by atoms with van der Waals surface area (Å²) in [4.78, 5) is 26.2. The molecule has 1 aliphatic carbocycles. The molecule has 0 atom stereocenters. The van der Waals surface area contributed by atoms with Crippen molar-refractivity contribution >= 4 is 44.2 Å². The van der Waals surface area contributed by atoms with Gasteiger partial charge in [0.25, 0.3) is 5.56 Å². The van der Waals surface area contributed by atoms with Gasteiger partial charge in [-0.05, 0) is 60.4 Å². The normalized spacial score (nSPS) is 17.9. The van der Waals surface area contributed by atoms with Gasteiger partial charge in [-0.2, -0.15) is 0 Å². The van der Waals surface area contributed by atoms with Crippen LogP contribution in [0.25, 0.3) is 32.6 Å². The Balaban J connectivity index is 1.44. The average Bonchev–Trinajstić information content (AvgIpc) is 3.32. The van der Waals surface area contributed by atoms with Crippen LogP contribution in [0.3, 0.4) is 0 Å². The van der Waals surface area contributed by atoms with Crippen molar-refractivity contribution in [2.24, 2.45) is 0 Å².